The predicted molar refractivity (Wildman–Crippen MR) is 160 cm³/mol. The highest BCUT2D eigenvalue weighted by Crippen LogP contribution is 2.66. The molecule has 0 radical (unpaired) electrons. The van der Waals surface area contributed by atoms with Crippen LogP contribution in [0.1, 0.15) is 47.1 Å². The largest absolute Gasteiger partial charge is 0.489 e. The minimum Gasteiger partial charge on any atom is -0.489 e. The third-order valence-corrected chi connectivity index (χ3v) is 9.17. The number of Topliss-reactive ketones (excluding diaryl/α,β-unsaturated/α-hetero) is 1. The first-order chi connectivity index (χ1) is 21.0. The van der Waals surface area contributed by atoms with Gasteiger partial charge in [-0.1, -0.05) is 109 Å². The topological polar surface area (TPSA) is 94.2 Å². The van der Waals surface area contributed by atoms with Crippen LogP contribution in [-0.4, -0.2) is 11.7 Å². The zero-order valence-electron chi connectivity index (χ0n) is 23.3. The smallest absolute Gasteiger partial charge is 0.245 e. The van der Waals surface area contributed by atoms with Crippen LogP contribution in [0.4, 0.5) is 5.69 Å². The summed E-state index contributed by atoms with van der Waals surface area (Å²) < 4.78 is 6.65. The monoisotopic (exact) mass is 561 g/mol. The van der Waals surface area contributed by atoms with E-state index in [1.54, 1.807) is 17.0 Å². The van der Waals surface area contributed by atoms with Gasteiger partial charge in [-0.05, 0) is 28.3 Å². The van der Waals surface area contributed by atoms with Crippen LogP contribution in [0.25, 0.3) is 0 Å². The molecule has 208 valence electrons. The SMILES string of the molecule is N#CC1(C#N)[C@@H](c2ccccc2)CC2=C(C(=O)C[C@@H](c3ccccc3)O2)[C@]12C(=O)N(Cc1ccccc1)c1ccccc12. The number of fused-ring (bicyclic) bond motifs is 3. The van der Waals surface area contributed by atoms with E-state index >= 15 is 4.79 Å². The number of amides is 1. The second-order valence-electron chi connectivity index (χ2n) is 11.3. The number of nitrogens with zero attached hydrogens (tertiary/aromatic N) is 3. The molecule has 0 bridgehead atoms. The average molecular weight is 562 g/mol. The van der Waals surface area contributed by atoms with E-state index in [1.165, 1.54) is 0 Å². The zero-order valence-corrected chi connectivity index (χ0v) is 23.3. The molecule has 2 aliphatic heterocycles. The summed E-state index contributed by atoms with van der Waals surface area (Å²) in [4.78, 5) is 31.2. The normalized spacial score (nSPS) is 23.6. The molecule has 6 nitrogen and oxygen atoms in total. The van der Waals surface area contributed by atoms with Gasteiger partial charge in [-0.15, -0.1) is 0 Å². The molecule has 0 aromatic heterocycles. The fraction of sp³-hybridized carbons (Fsp3) is 0.189. The van der Waals surface area contributed by atoms with Crippen molar-refractivity contribution in [3.8, 4) is 12.1 Å². The molecule has 2 heterocycles. The summed E-state index contributed by atoms with van der Waals surface area (Å²) in [6.07, 6.45) is -0.391. The summed E-state index contributed by atoms with van der Waals surface area (Å²) >= 11 is 0. The van der Waals surface area contributed by atoms with Gasteiger partial charge in [0.05, 0.1) is 30.7 Å². The van der Waals surface area contributed by atoms with E-state index in [2.05, 4.69) is 12.1 Å². The Morgan fingerprint density at radius 3 is 1.98 bits per heavy atom. The van der Waals surface area contributed by atoms with Crippen molar-refractivity contribution in [1.82, 2.24) is 0 Å². The van der Waals surface area contributed by atoms with Crippen molar-refractivity contribution in [3.05, 3.63) is 149 Å². The van der Waals surface area contributed by atoms with E-state index in [0.29, 0.717) is 17.0 Å². The number of rotatable bonds is 4. The Bertz CT molecular complexity index is 1840. The molecule has 0 unspecified atom stereocenters. The quantitative estimate of drug-likeness (QED) is 0.277. The summed E-state index contributed by atoms with van der Waals surface area (Å²) in [6, 6.07) is 40.4. The Kier molecular flexibility index (Phi) is 6.22. The number of benzene rings is 4. The molecule has 4 aromatic carbocycles. The number of para-hydroxylation sites is 1. The van der Waals surface area contributed by atoms with E-state index in [1.807, 2.05) is 103 Å². The molecule has 43 heavy (non-hydrogen) atoms. The van der Waals surface area contributed by atoms with Gasteiger partial charge in [0, 0.05) is 18.0 Å². The van der Waals surface area contributed by atoms with Crippen LogP contribution in [0.2, 0.25) is 0 Å². The lowest BCUT2D eigenvalue weighted by Crippen LogP contribution is -2.59. The van der Waals surface area contributed by atoms with Crippen LogP contribution < -0.4 is 4.90 Å². The molecule has 0 saturated carbocycles. The maximum Gasteiger partial charge on any atom is 0.245 e. The zero-order chi connectivity index (χ0) is 29.6. The highest BCUT2D eigenvalue weighted by Gasteiger charge is 2.73. The Morgan fingerprint density at radius 1 is 0.744 bits per heavy atom. The lowest BCUT2D eigenvalue weighted by molar-refractivity contribution is -0.131. The number of ether oxygens (including phenoxy) is 1. The Balaban J connectivity index is 1.52. The van der Waals surface area contributed by atoms with Crippen LogP contribution in [0.5, 0.6) is 0 Å². The number of hydrogen-bond donors (Lipinski definition) is 0. The van der Waals surface area contributed by atoms with Crippen molar-refractivity contribution in [2.75, 3.05) is 4.90 Å². The highest BCUT2D eigenvalue weighted by molar-refractivity contribution is 6.18. The second kappa shape index (κ2) is 10.1. The molecule has 1 aliphatic carbocycles. The number of nitriles is 2. The number of ketones is 1. The molecule has 4 aromatic rings. The van der Waals surface area contributed by atoms with Crippen LogP contribution in [0.15, 0.2) is 127 Å². The van der Waals surface area contributed by atoms with E-state index in [4.69, 9.17) is 4.74 Å². The molecule has 1 spiro atoms. The van der Waals surface area contributed by atoms with E-state index < -0.39 is 28.8 Å². The third-order valence-electron chi connectivity index (χ3n) is 9.17. The summed E-state index contributed by atoms with van der Waals surface area (Å²) in [6.45, 7) is 0.228. The van der Waals surface area contributed by atoms with Gasteiger partial charge >= 0.3 is 0 Å². The molecule has 7 rings (SSSR count). The van der Waals surface area contributed by atoms with Crippen molar-refractivity contribution < 1.29 is 14.3 Å². The fourth-order valence-electron chi connectivity index (χ4n) is 7.32. The van der Waals surface area contributed by atoms with Gasteiger partial charge in [-0.2, -0.15) is 10.5 Å². The molecule has 3 atom stereocenters. The molecule has 6 heteroatoms. The summed E-state index contributed by atoms with van der Waals surface area (Å²) in [5.74, 6) is -1.09. The average Bonchev–Trinajstić information content (AvgIpc) is 3.30. The predicted octanol–water partition coefficient (Wildman–Crippen LogP) is 6.68. The molecule has 0 fully saturated rings. The maximum atomic E-state index is 15.2. The lowest BCUT2D eigenvalue weighted by Gasteiger charge is -2.50. The van der Waals surface area contributed by atoms with Crippen molar-refractivity contribution in [2.24, 2.45) is 5.41 Å². The molecule has 3 aliphatic rings. The molecular weight excluding hydrogens is 534 g/mol. The Hall–Kier alpha value is -5.46. The van der Waals surface area contributed by atoms with Crippen molar-refractivity contribution >= 4 is 17.4 Å². The first-order valence-corrected chi connectivity index (χ1v) is 14.4. The summed E-state index contributed by atoms with van der Waals surface area (Å²) in [5.41, 5.74) is -0.105. The fourth-order valence-corrected chi connectivity index (χ4v) is 7.32. The number of carbonyl (C=O) groups excluding carboxylic acids is 2. The van der Waals surface area contributed by atoms with Crippen molar-refractivity contribution in [2.45, 2.75) is 36.8 Å². The molecule has 0 saturated heterocycles. The van der Waals surface area contributed by atoms with Gasteiger partial charge in [0.25, 0.3) is 0 Å². The first-order valence-electron chi connectivity index (χ1n) is 14.4. The van der Waals surface area contributed by atoms with E-state index in [9.17, 15) is 15.3 Å². The summed E-state index contributed by atoms with van der Waals surface area (Å²) in [5, 5.41) is 22.2. The minimum atomic E-state index is -1.93. The van der Waals surface area contributed by atoms with Gasteiger partial charge in [0.15, 0.2) is 11.2 Å². The highest BCUT2D eigenvalue weighted by atomic mass is 16.5. The summed E-state index contributed by atoms with van der Waals surface area (Å²) in [7, 11) is 0. The third kappa shape index (κ3) is 3.70. The maximum absolute atomic E-state index is 15.2. The molecule has 1 amide bonds. The second-order valence-corrected chi connectivity index (χ2v) is 11.3. The number of hydrogen-bond acceptors (Lipinski definition) is 5. The van der Waals surface area contributed by atoms with Crippen LogP contribution >= 0.6 is 0 Å². The number of carbonyl (C=O) groups is 2. The van der Waals surface area contributed by atoms with E-state index in [0.717, 1.165) is 16.7 Å². The van der Waals surface area contributed by atoms with E-state index in [-0.39, 0.29) is 30.7 Å². The van der Waals surface area contributed by atoms with Gasteiger partial charge in [0.2, 0.25) is 5.91 Å². The van der Waals surface area contributed by atoms with Crippen LogP contribution in [-0.2, 0) is 26.3 Å². The van der Waals surface area contributed by atoms with Gasteiger partial charge in [0.1, 0.15) is 17.3 Å². The number of allylic oxidation sites excluding steroid dienone is 1. The van der Waals surface area contributed by atoms with Crippen molar-refractivity contribution in [3.63, 3.8) is 0 Å². The molecular formula is C37H27N3O3. The van der Waals surface area contributed by atoms with Gasteiger partial charge in [-0.25, -0.2) is 0 Å². The van der Waals surface area contributed by atoms with Crippen LogP contribution in [0.3, 0.4) is 0 Å². The molecule has 0 N–H and O–H groups in total. The Labute approximate surface area is 250 Å². The number of anilines is 1. The Morgan fingerprint density at radius 2 is 1.33 bits per heavy atom. The van der Waals surface area contributed by atoms with Crippen LogP contribution in [0, 0.1) is 28.1 Å². The van der Waals surface area contributed by atoms with Gasteiger partial charge < -0.3 is 9.64 Å². The van der Waals surface area contributed by atoms with Gasteiger partial charge in [-0.3, -0.25) is 9.59 Å². The standard InChI is InChI=1S/C37H27N3O3/c38-23-36(24-39)29(26-14-6-2-7-15-26)20-33-34(31(41)21-32(43-33)27-16-8-3-9-17-27)37(36)28-18-10-11-19-30(28)40(35(37)42)22-25-12-4-1-5-13-25/h1-19,29,32H,20-22H2/t29-,32+,37-/m1/s1. The lowest BCUT2D eigenvalue weighted by atomic mass is 9.47. The van der Waals surface area contributed by atoms with Crippen molar-refractivity contribution in [1.29, 1.82) is 10.5 Å². The minimum absolute atomic E-state index is 0.00166. The first kappa shape index (κ1) is 26.4.